The van der Waals surface area contributed by atoms with Crippen molar-refractivity contribution in [3.63, 3.8) is 0 Å². The van der Waals surface area contributed by atoms with Gasteiger partial charge in [0.15, 0.2) is 11.6 Å². The number of anilines is 2. The van der Waals surface area contributed by atoms with Crippen molar-refractivity contribution in [2.45, 2.75) is 78.0 Å². The van der Waals surface area contributed by atoms with Crippen LogP contribution < -0.4 is 5.32 Å². The third kappa shape index (κ3) is 12.3. The maximum atomic E-state index is 13.6. The number of hydrogen-bond acceptors (Lipinski definition) is 16. The number of carbonyl (C=O) groups excluding carboxylic acids is 2. The van der Waals surface area contributed by atoms with Gasteiger partial charge in [-0.3, -0.25) is 59.2 Å². The molecule has 7 rings (SSSR count). The van der Waals surface area contributed by atoms with E-state index >= 15 is 0 Å². The van der Waals surface area contributed by atoms with Crippen molar-refractivity contribution in [3.05, 3.63) is 227 Å². The molecule has 0 saturated carbocycles. The fourth-order valence-corrected chi connectivity index (χ4v) is 10.8. The number of nitrogens with one attached hydrogen (secondary N) is 1. The maximum absolute atomic E-state index is 13.6. The van der Waals surface area contributed by atoms with E-state index in [1.807, 2.05) is 13.0 Å². The minimum atomic E-state index is -5.20. The molecule has 0 unspecified atom stereocenters. The molecular formula is C55H48N6O16S2. The summed E-state index contributed by atoms with van der Waals surface area (Å²) in [6.45, 7) is 14.2. The summed E-state index contributed by atoms with van der Waals surface area (Å²) in [5.41, 5.74) is 6.23. The van der Waals surface area contributed by atoms with Gasteiger partial charge in [0.25, 0.3) is 43.0 Å². The zero-order valence-electron chi connectivity index (χ0n) is 43.4. The number of benzene rings is 6. The molecule has 0 atom stereocenters. The Hall–Kier alpha value is -9.23. The first kappa shape index (κ1) is 57.5. The highest BCUT2D eigenvalue weighted by Gasteiger charge is 2.28. The van der Waals surface area contributed by atoms with Gasteiger partial charge in [-0.1, -0.05) is 30.3 Å². The van der Waals surface area contributed by atoms with E-state index < -0.39 is 84.0 Å². The second-order valence-electron chi connectivity index (χ2n) is 18.9. The maximum Gasteiger partial charge on any atom is 0.295 e. The van der Waals surface area contributed by atoms with Gasteiger partial charge in [-0.05, 0) is 164 Å². The minimum Gasteiger partial charge on any atom is -0.355 e. The Bertz CT molecular complexity index is 4020. The number of aryl methyl sites for hydroxylation is 5. The molecule has 24 heteroatoms. The molecule has 0 fully saturated rings. The molecule has 0 radical (unpaired) electrons. The molecule has 6 aromatic carbocycles. The molecule has 22 nitrogen and oxygen atoms in total. The fraction of sp³-hybridized carbons (Fsp3) is 0.182. The summed E-state index contributed by atoms with van der Waals surface area (Å²) in [6, 6.07) is 16.9. The number of aliphatic imine (C=N–C) groups is 1. The lowest BCUT2D eigenvalue weighted by Crippen LogP contribution is -2.10. The number of carbonyl (C=O) groups is 2. The van der Waals surface area contributed by atoms with Crippen molar-refractivity contribution in [1.82, 2.24) is 0 Å². The van der Waals surface area contributed by atoms with E-state index in [0.717, 1.165) is 54.1 Å². The summed E-state index contributed by atoms with van der Waals surface area (Å²) in [5.74, 6) is -1.21. The van der Waals surface area contributed by atoms with E-state index in [1.165, 1.54) is 0 Å². The van der Waals surface area contributed by atoms with Crippen molar-refractivity contribution in [3.8, 4) is 0 Å². The van der Waals surface area contributed by atoms with Gasteiger partial charge in [-0.25, -0.2) is 4.99 Å². The second-order valence-corrected chi connectivity index (χ2v) is 21.7. The lowest BCUT2D eigenvalue weighted by molar-refractivity contribution is -0.394. The van der Waals surface area contributed by atoms with Crippen molar-refractivity contribution >= 4 is 82.9 Å². The largest absolute Gasteiger partial charge is 0.355 e. The molecule has 0 spiro atoms. The van der Waals surface area contributed by atoms with Gasteiger partial charge in [0.2, 0.25) is 0 Å². The first-order valence-corrected chi connectivity index (χ1v) is 26.5. The molecule has 406 valence electrons. The highest BCUT2D eigenvalue weighted by Crippen LogP contribution is 2.40. The first-order chi connectivity index (χ1) is 36.8. The van der Waals surface area contributed by atoms with E-state index in [2.05, 4.69) is 5.32 Å². The van der Waals surface area contributed by atoms with E-state index in [-0.39, 0.29) is 35.1 Å². The summed E-state index contributed by atoms with van der Waals surface area (Å²) in [6.07, 6.45) is 4.42. The van der Waals surface area contributed by atoms with E-state index in [0.29, 0.717) is 90.1 Å². The lowest BCUT2D eigenvalue weighted by atomic mass is 9.88. The van der Waals surface area contributed by atoms with Gasteiger partial charge in [-0.2, -0.15) is 16.8 Å². The number of hydrogen-bond donors (Lipinski definition) is 3. The van der Waals surface area contributed by atoms with Gasteiger partial charge >= 0.3 is 0 Å². The number of nitrogens with zero attached hydrogens (tertiary/aromatic N) is 5. The molecule has 1 aliphatic carbocycles. The Morgan fingerprint density at radius 2 is 1.04 bits per heavy atom. The molecule has 0 aromatic heterocycles. The Morgan fingerprint density at radius 3 is 1.49 bits per heavy atom. The van der Waals surface area contributed by atoms with Crippen LogP contribution in [0, 0.1) is 88.9 Å². The molecule has 0 saturated heterocycles. The Kier molecular flexibility index (Phi) is 16.0. The van der Waals surface area contributed by atoms with Gasteiger partial charge in [0.05, 0.1) is 48.1 Å². The van der Waals surface area contributed by atoms with Crippen molar-refractivity contribution in [2.24, 2.45) is 4.99 Å². The van der Waals surface area contributed by atoms with Gasteiger partial charge in [0, 0.05) is 65.2 Å². The zero-order valence-corrected chi connectivity index (χ0v) is 45.0. The highest BCUT2D eigenvalue weighted by atomic mass is 32.2. The SMILES string of the molecule is CC1=CC(=C(c2ccc(Nc3c(C)cc(C)c(CC(=O)c4cc([N+](=O)[O-])cc([N+](=O)[O-])c4)c3C)c(C)c2)c2ccc(S(=O)(=O)O)cc2S(=O)(=O)O)C=CC1=Nc1c(C)cc(C)c(CC(=O)c2cc([N+](=O)[O-])cc([N+](=O)[O-])c2)c1C. The van der Waals surface area contributed by atoms with Crippen LogP contribution in [0.5, 0.6) is 0 Å². The van der Waals surface area contributed by atoms with Crippen LogP contribution in [-0.2, 0) is 33.1 Å². The fourth-order valence-electron chi connectivity index (χ4n) is 9.52. The van der Waals surface area contributed by atoms with Crippen LogP contribution in [0.3, 0.4) is 0 Å². The van der Waals surface area contributed by atoms with Crippen LogP contribution in [0.1, 0.15) is 88.8 Å². The number of rotatable bonds is 17. The average Bonchev–Trinajstić information content (AvgIpc) is 3.37. The average molecular weight is 1110 g/mol. The van der Waals surface area contributed by atoms with Crippen LogP contribution >= 0.6 is 0 Å². The summed E-state index contributed by atoms with van der Waals surface area (Å²) in [4.78, 5) is 73.6. The summed E-state index contributed by atoms with van der Waals surface area (Å²) >= 11 is 0. The van der Waals surface area contributed by atoms with Crippen LogP contribution in [0.2, 0.25) is 0 Å². The molecule has 6 aromatic rings. The molecule has 0 bridgehead atoms. The number of allylic oxidation sites excluding steroid dienone is 5. The number of nitro groups is 4. The van der Waals surface area contributed by atoms with Crippen molar-refractivity contribution in [1.29, 1.82) is 0 Å². The van der Waals surface area contributed by atoms with Crippen molar-refractivity contribution in [2.75, 3.05) is 5.32 Å². The van der Waals surface area contributed by atoms with Gasteiger partial charge < -0.3 is 5.32 Å². The molecule has 0 heterocycles. The highest BCUT2D eigenvalue weighted by molar-refractivity contribution is 7.86. The van der Waals surface area contributed by atoms with Crippen LogP contribution in [0.25, 0.3) is 5.57 Å². The van der Waals surface area contributed by atoms with E-state index in [1.54, 1.807) is 91.0 Å². The molecule has 0 aliphatic heterocycles. The van der Waals surface area contributed by atoms with Crippen LogP contribution in [0.4, 0.5) is 39.8 Å². The molecular weight excluding hydrogens is 1060 g/mol. The number of Topliss-reactive ketones (excluding diaryl/α,β-unsaturated/α-hetero) is 2. The topological polar surface area (TPSA) is 340 Å². The quantitative estimate of drug-likeness (QED) is 0.0330. The Morgan fingerprint density at radius 1 is 0.544 bits per heavy atom. The Labute approximate surface area is 451 Å². The third-order valence-corrected chi connectivity index (χ3v) is 15.2. The second kappa shape index (κ2) is 22.0. The monoisotopic (exact) mass is 1110 g/mol. The summed E-state index contributed by atoms with van der Waals surface area (Å²) < 4.78 is 71.3. The van der Waals surface area contributed by atoms with E-state index in [4.69, 9.17) is 4.99 Å². The van der Waals surface area contributed by atoms with Crippen LogP contribution in [0.15, 0.2) is 129 Å². The smallest absolute Gasteiger partial charge is 0.295 e. The van der Waals surface area contributed by atoms with Crippen molar-refractivity contribution < 1.29 is 55.2 Å². The zero-order chi connectivity index (χ0) is 58.3. The summed E-state index contributed by atoms with van der Waals surface area (Å²) in [7, 11) is -10.2. The predicted octanol–water partition coefficient (Wildman–Crippen LogP) is 11.7. The minimum absolute atomic E-state index is 0.152. The molecule has 0 amide bonds. The van der Waals surface area contributed by atoms with Gasteiger partial charge in [-0.15, -0.1) is 0 Å². The number of non-ortho nitro benzene ring substituents is 4. The standard InChI is InChI=1S/C55H48N6O16S2/c1-28-15-32(5)54(34(7)46(28)26-50(62)38-19-40(58(64)65)23-41(20-38)59(66)67)56-48-13-9-36(17-30(48)3)53(45-12-11-44(78(72,73)74)25-52(45)79(75,76)77)37-10-14-49(31(4)18-37)57-55-33(6)16-29(2)47(35(55)8)27-51(63)39-21-42(60(68)69)24-43(22-39)61(70)71/h9-25,56H,26-27H2,1-8H3,(H,72,73,74)(H,75,76,77). The molecule has 79 heavy (non-hydrogen) atoms. The molecule has 3 N–H and O–H groups in total. The lowest BCUT2D eigenvalue weighted by Gasteiger charge is -2.22. The van der Waals surface area contributed by atoms with E-state index in [9.17, 15) is 76.0 Å². The number of ketones is 2. The van der Waals surface area contributed by atoms with Crippen LogP contribution in [-0.4, -0.2) is 62.9 Å². The predicted molar refractivity (Wildman–Crippen MR) is 293 cm³/mol. The normalized spacial score (nSPS) is 13.7. The Balaban J connectivity index is 1.30. The van der Waals surface area contributed by atoms with Gasteiger partial charge in [0.1, 0.15) is 4.90 Å². The summed E-state index contributed by atoms with van der Waals surface area (Å²) in [5, 5.41) is 49.7. The third-order valence-electron chi connectivity index (χ3n) is 13.5. The molecule has 1 aliphatic rings. The first-order valence-electron chi connectivity index (χ1n) is 23.6. The number of nitro benzene ring substituents is 4.